The van der Waals surface area contributed by atoms with Gasteiger partial charge >= 0.3 is 0 Å². The first kappa shape index (κ1) is 32.2. The maximum atomic E-state index is 5.00. The van der Waals surface area contributed by atoms with Crippen LogP contribution in [-0.4, -0.2) is 19.5 Å². The number of para-hydroxylation sites is 1. The molecule has 0 saturated heterocycles. The van der Waals surface area contributed by atoms with Crippen LogP contribution in [0.3, 0.4) is 0 Å². The lowest BCUT2D eigenvalue weighted by Crippen LogP contribution is -2.00. The molecule has 0 bridgehead atoms. The zero-order valence-corrected chi connectivity index (χ0v) is 29.9. The summed E-state index contributed by atoms with van der Waals surface area (Å²) in [4.78, 5) is 14.9. The molecule has 8 aromatic carbocycles. The van der Waals surface area contributed by atoms with E-state index in [9.17, 15) is 0 Å². The lowest BCUT2D eigenvalue weighted by atomic mass is 9.98. The van der Waals surface area contributed by atoms with E-state index in [1.54, 1.807) is 0 Å². The molecule has 4 heteroatoms. The normalized spacial score (nSPS) is 11.3. The Morgan fingerprint density at radius 2 is 0.600 bits per heavy atom. The van der Waals surface area contributed by atoms with Gasteiger partial charge in [0.1, 0.15) is 0 Å². The van der Waals surface area contributed by atoms with Gasteiger partial charge in [-0.2, -0.15) is 0 Å². The Balaban J connectivity index is 1.09. The lowest BCUT2D eigenvalue weighted by Gasteiger charge is -2.10. The van der Waals surface area contributed by atoms with Crippen molar-refractivity contribution in [1.29, 1.82) is 0 Å². The van der Waals surface area contributed by atoms with E-state index in [0.717, 1.165) is 39.0 Å². The summed E-state index contributed by atoms with van der Waals surface area (Å²) in [5, 5.41) is 2.40. The third kappa shape index (κ3) is 6.16. The summed E-state index contributed by atoms with van der Waals surface area (Å²) in [6, 6.07) is 72.4. The molecule has 0 aliphatic rings. The maximum Gasteiger partial charge on any atom is 0.164 e. The van der Waals surface area contributed by atoms with Gasteiger partial charge in [0.2, 0.25) is 0 Å². The minimum absolute atomic E-state index is 0.638. The van der Waals surface area contributed by atoms with Crippen molar-refractivity contribution in [1.82, 2.24) is 19.5 Å². The van der Waals surface area contributed by atoms with Gasteiger partial charge in [-0.3, -0.25) is 0 Å². The number of aromatic nitrogens is 4. The second kappa shape index (κ2) is 13.8. The molecule has 0 N–H and O–H groups in total. The van der Waals surface area contributed by atoms with E-state index < -0.39 is 0 Å². The molecule has 0 radical (unpaired) electrons. The predicted molar refractivity (Wildman–Crippen MR) is 227 cm³/mol. The zero-order valence-electron chi connectivity index (χ0n) is 29.9. The average molecular weight is 703 g/mol. The minimum Gasteiger partial charge on any atom is -0.309 e. The Bertz CT molecular complexity index is 2880. The molecule has 0 fully saturated rings. The number of rotatable bonds is 7. The zero-order chi connectivity index (χ0) is 36.6. The maximum absolute atomic E-state index is 5.00. The molecular formula is C51H34N4. The summed E-state index contributed by atoms with van der Waals surface area (Å²) in [6.07, 6.45) is 0. The standard InChI is InChI=1S/C51H34N4/c1-5-14-35(15-6-1)36-24-26-37(27-25-36)41-28-30-47-45(33-41)46-34-42(29-31-48(46)55(47)44-22-11-4-12-23-44)40-20-13-21-43(32-40)51-53-49(38-16-7-2-8-17-38)52-50(54-51)39-18-9-3-10-19-39/h1-34H. The van der Waals surface area contributed by atoms with Crippen LogP contribution < -0.4 is 0 Å². The Kier molecular flexibility index (Phi) is 8.12. The second-order valence-corrected chi connectivity index (χ2v) is 13.7. The Labute approximate surface area is 319 Å². The van der Waals surface area contributed by atoms with Gasteiger partial charge in [0, 0.05) is 33.2 Å². The summed E-state index contributed by atoms with van der Waals surface area (Å²) in [5.41, 5.74) is 13.3. The van der Waals surface area contributed by atoms with Gasteiger partial charge in [-0.05, 0) is 75.8 Å². The van der Waals surface area contributed by atoms with Gasteiger partial charge < -0.3 is 4.57 Å². The molecule has 0 spiro atoms. The quantitative estimate of drug-likeness (QED) is 0.166. The Morgan fingerprint density at radius 1 is 0.255 bits per heavy atom. The van der Waals surface area contributed by atoms with E-state index in [2.05, 4.69) is 150 Å². The molecule has 0 saturated carbocycles. The topological polar surface area (TPSA) is 43.6 Å². The van der Waals surface area contributed by atoms with E-state index >= 15 is 0 Å². The molecule has 0 unspecified atom stereocenters. The Hall–Kier alpha value is -7.43. The highest BCUT2D eigenvalue weighted by Crippen LogP contribution is 2.38. The first-order valence-electron chi connectivity index (χ1n) is 18.5. The van der Waals surface area contributed by atoms with Gasteiger partial charge in [0.05, 0.1) is 11.0 Å². The molecule has 258 valence electrons. The summed E-state index contributed by atoms with van der Waals surface area (Å²) >= 11 is 0. The van der Waals surface area contributed by atoms with Crippen molar-refractivity contribution in [3.05, 3.63) is 206 Å². The summed E-state index contributed by atoms with van der Waals surface area (Å²) in [7, 11) is 0. The smallest absolute Gasteiger partial charge is 0.164 e. The fraction of sp³-hybridized carbons (Fsp3) is 0. The van der Waals surface area contributed by atoms with E-state index in [1.807, 2.05) is 60.7 Å². The summed E-state index contributed by atoms with van der Waals surface area (Å²) in [6.45, 7) is 0. The molecule has 0 aliphatic carbocycles. The van der Waals surface area contributed by atoms with E-state index in [0.29, 0.717) is 17.5 Å². The number of benzene rings is 8. The van der Waals surface area contributed by atoms with Crippen LogP contribution in [0.4, 0.5) is 0 Å². The largest absolute Gasteiger partial charge is 0.309 e. The summed E-state index contributed by atoms with van der Waals surface area (Å²) in [5.74, 6) is 1.94. The van der Waals surface area contributed by atoms with Crippen molar-refractivity contribution in [2.24, 2.45) is 0 Å². The average Bonchev–Trinajstić information content (AvgIpc) is 3.60. The SMILES string of the molecule is c1ccc(-c2ccc(-c3ccc4c(c3)c3cc(-c5cccc(-c6nc(-c7ccccc7)nc(-c7ccccc7)n6)c5)ccc3n4-c3ccccc3)cc2)cc1. The fourth-order valence-electron chi connectivity index (χ4n) is 7.50. The molecule has 0 aliphatic heterocycles. The molecule has 0 amide bonds. The first-order valence-corrected chi connectivity index (χ1v) is 18.5. The summed E-state index contributed by atoms with van der Waals surface area (Å²) < 4.78 is 2.37. The van der Waals surface area contributed by atoms with E-state index in [4.69, 9.17) is 15.0 Å². The number of hydrogen-bond donors (Lipinski definition) is 0. The molecule has 55 heavy (non-hydrogen) atoms. The van der Waals surface area contributed by atoms with Gasteiger partial charge in [-0.15, -0.1) is 0 Å². The van der Waals surface area contributed by atoms with Crippen molar-refractivity contribution in [2.75, 3.05) is 0 Å². The van der Waals surface area contributed by atoms with Crippen LogP contribution in [0.25, 0.3) is 95.0 Å². The van der Waals surface area contributed by atoms with Crippen LogP contribution in [0, 0.1) is 0 Å². The molecular weight excluding hydrogens is 669 g/mol. The fourth-order valence-corrected chi connectivity index (χ4v) is 7.50. The molecule has 0 atom stereocenters. The monoisotopic (exact) mass is 702 g/mol. The Morgan fingerprint density at radius 3 is 1.13 bits per heavy atom. The molecule has 10 rings (SSSR count). The van der Waals surface area contributed by atoms with Crippen LogP contribution in [-0.2, 0) is 0 Å². The van der Waals surface area contributed by atoms with Crippen molar-refractivity contribution in [3.8, 4) is 73.2 Å². The minimum atomic E-state index is 0.638. The lowest BCUT2D eigenvalue weighted by molar-refractivity contribution is 1.07. The molecule has 10 aromatic rings. The highest BCUT2D eigenvalue weighted by atomic mass is 15.0. The molecule has 2 heterocycles. The van der Waals surface area contributed by atoms with E-state index in [1.165, 1.54) is 38.5 Å². The van der Waals surface area contributed by atoms with Crippen LogP contribution in [0.2, 0.25) is 0 Å². The van der Waals surface area contributed by atoms with Crippen molar-refractivity contribution >= 4 is 21.8 Å². The molecule has 2 aromatic heterocycles. The highest BCUT2D eigenvalue weighted by molar-refractivity contribution is 6.11. The highest BCUT2D eigenvalue weighted by Gasteiger charge is 2.16. The van der Waals surface area contributed by atoms with Gasteiger partial charge in [0.25, 0.3) is 0 Å². The van der Waals surface area contributed by atoms with Crippen LogP contribution in [0.15, 0.2) is 206 Å². The van der Waals surface area contributed by atoms with Crippen molar-refractivity contribution in [2.45, 2.75) is 0 Å². The number of fused-ring (bicyclic) bond motifs is 3. The second-order valence-electron chi connectivity index (χ2n) is 13.7. The van der Waals surface area contributed by atoms with Gasteiger partial charge in [-0.1, -0.05) is 164 Å². The third-order valence-electron chi connectivity index (χ3n) is 10.3. The van der Waals surface area contributed by atoms with Crippen LogP contribution in [0.1, 0.15) is 0 Å². The van der Waals surface area contributed by atoms with Crippen LogP contribution in [0.5, 0.6) is 0 Å². The van der Waals surface area contributed by atoms with Gasteiger partial charge in [0.15, 0.2) is 17.5 Å². The predicted octanol–water partition coefficient (Wildman–Crippen LogP) is 13.0. The third-order valence-corrected chi connectivity index (χ3v) is 10.3. The van der Waals surface area contributed by atoms with Crippen molar-refractivity contribution in [3.63, 3.8) is 0 Å². The van der Waals surface area contributed by atoms with Gasteiger partial charge in [-0.25, -0.2) is 15.0 Å². The number of hydrogen-bond acceptors (Lipinski definition) is 3. The van der Waals surface area contributed by atoms with Crippen molar-refractivity contribution < 1.29 is 0 Å². The van der Waals surface area contributed by atoms with Crippen LogP contribution >= 0.6 is 0 Å². The first-order chi connectivity index (χ1) is 27.2. The number of nitrogens with zero attached hydrogens (tertiary/aromatic N) is 4. The van der Waals surface area contributed by atoms with E-state index in [-0.39, 0.29) is 0 Å². The molecule has 4 nitrogen and oxygen atoms in total.